The maximum absolute atomic E-state index is 12.2. The molecule has 20 heavy (non-hydrogen) atoms. The van der Waals surface area contributed by atoms with Crippen LogP contribution in [0.3, 0.4) is 0 Å². The molecule has 6 heteroatoms. The summed E-state index contributed by atoms with van der Waals surface area (Å²) in [7, 11) is 0. The van der Waals surface area contributed by atoms with Crippen molar-refractivity contribution in [2.45, 2.75) is 13.8 Å². The Balaban J connectivity index is 2.16. The lowest BCUT2D eigenvalue weighted by molar-refractivity contribution is 0.0698. The van der Waals surface area contributed by atoms with Crippen molar-refractivity contribution in [3.05, 3.63) is 28.2 Å². The number of likely N-dealkylation sites (tertiary alicyclic amines) is 1. The SMILES string of the molecule is CC1CN(C(=O)Nc2cc(Br)ccc2C(=O)O)CC1C. The lowest BCUT2D eigenvalue weighted by Gasteiger charge is -2.18. The minimum absolute atomic E-state index is 0.0850. The molecule has 1 aliphatic heterocycles. The smallest absolute Gasteiger partial charge is 0.337 e. The Morgan fingerprint density at radius 3 is 2.45 bits per heavy atom. The molecule has 1 heterocycles. The molecule has 1 aromatic rings. The largest absolute Gasteiger partial charge is 0.478 e. The highest BCUT2D eigenvalue weighted by Crippen LogP contribution is 2.25. The summed E-state index contributed by atoms with van der Waals surface area (Å²) >= 11 is 3.28. The molecule has 1 aromatic carbocycles. The van der Waals surface area contributed by atoms with Crippen LogP contribution in [0.1, 0.15) is 24.2 Å². The van der Waals surface area contributed by atoms with Crippen molar-refractivity contribution in [3.63, 3.8) is 0 Å². The molecule has 0 radical (unpaired) electrons. The summed E-state index contributed by atoms with van der Waals surface area (Å²) in [5.41, 5.74) is 0.394. The fourth-order valence-corrected chi connectivity index (χ4v) is 2.66. The molecule has 2 unspecified atom stereocenters. The Bertz CT molecular complexity index is 537. The van der Waals surface area contributed by atoms with Gasteiger partial charge < -0.3 is 15.3 Å². The average molecular weight is 341 g/mol. The van der Waals surface area contributed by atoms with E-state index in [9.17, 15) is 9.59 Å². The predicted octanol–water partition coefficient (Wildman–Crippen LogP) is 3.27. The molecule has 2 atom stereocenters. The van der Waals surface area contributed by atoms with Crippen LogP contribution in [-0.2, 0) is 0 Å². The van der Waals surface area contributed by atoms with Gasteiger partial charge in [-0.2, -0.15) is 0 Å². The third kappa shape index (κ3) is 3.12. The first-order chi connectivity index (χ1) is 9.38. The monoisotopic (exact) mass is 340 g/mol. The number of rotatable bonds is 2. The van der Waals surface area contributed by atoms with Gasteiger partial charge in [0, 0.05) is 17.6 Å². The van der Waals surface area contributed by atoms with Crippen LogP contribution in [0.5, 0.6) is 0 Å². The van der Waals surface area contributed by atoms with Crippen molar-refractivity contribution in [3.8, 4) is 0 Å². The second-order valence-electron chi connectivity index (χ2n) is 5.28. The van der Waals surface area contributed by atoms with E-state index in [0.717, 1.165) is 4.47 Å². The first-order valence-corrected chi connectivity index (χ1v) is 7.26. The Morgan fingerprint density at radius 1 is 1.30 bits per heavy atom. The quantitative estimate of drug-likeness (QED) is 0.867. The number of carboxylic acids is 1. The summed E-state index contributed by atoms with van der Waals surface area (Å²) in [5, 5.41) is 11.8. The zero-order chi connectivity index (χ0) is 14.9. The number of carboxylic acid groups (broad SMARTS) is 1. The van der Waals surface area contributed by atoms with E-state index < -0.39 is 5.97 Å². The van der Waals surface area contributed by atoms with Gasteiger partial charge in [-0.15, -0.1) is 0 Å². The van der Waals surface area contributed by atoms with E-state index in [2.05, 4.69) is 35.1 Å². The molecule has 108 valence electrons. The first kappa shape index (κ1) is 14.8. The number of aromatic carboxylic acids is 1. The molecule has 2 amide bonds. The molecule has 1 aliphatic rings. The van der Waals surface area contributed by atoms with E-state index in [4.69, 9.17) is 5.11 Å². The lowest BCUT2D eigenvalue weighted by Crippen LogP contribution is -2.33. The van der Waals surface area contributed by atoms with Crippen LogP contribution in [-0.4, -0.2) is 35.1 Å². The molecule has 1 saturated heterocycles. The summed E-state index contributed by atoms with van der Waals surface area (Å²) in [6.07, 6.45) is 0. The van der Waals surface area contributed by atoms with Gasteiger partial charge in [0.05, 0.1) is 11.3 Å². The number of benzene rings is 1. The number of carbonyl (C=O) groups is 2. The van der Waals surface area contributed by atoms with E-state index in [1.165, 1.54) is 6.07 Å². The summed E-state index contributed by atoms with van der Waals surface area (Å²) in [4.78, 5) is 25.1. The van der Waals surface area contributed by atoms with E-state index in [1.807, 2.05) is 0 Å². The number of halogens is 1. The number of carbonyl (C=O) groups excluding carboxylic acids is 1. The van der Waals surface area contributed by atoms with Crippen molar-refractivity contribution in [1.82, 2.24) is 4.90 Å². The van der Waals surface area contributed by atoms with Crippen LogP contribution < -0.4 is 5.32 Å². The number of hydrogen-bond donors (Lipinski definition) is 2. The van der Waals surface area contributed by atoms with Gasteiger partial charge >= 0.3 is 12.0 Å². The Hall–Kier alpha value is -1.56. The third-order valence-electron chi connectivity index (χ3n) is 3.73. The molecule has 2 N–H and O–H groups in total. The van der Waals surface area contributed by atoms with Crippen molar-refractivity contribution < 1.29 is 14.7 Å². The zero-order valence-corrected chi connectivity index (χ0v) is 13.0. The number of anilines is 1. The van der Waals surface area contributed by atoms with E-state index in [0.29, 0.717) is 30.6 Å². The molecule has 0 spiro atoms. The van der Waals surface area contributed by atoms with Crippen LogP contribution >= 0.6 is 15.9 Å². The molecule has 0 bridgehead atoms. The van der Waals surface area contributed by atoms with E-state index >= 15 is 0 Å². The molecule has 0 aromatic heterocycles. The minimum atomic E-state index is -1.06. The van der Waals surface area contributed by atoms with Crippen LogP contribution in [0.15, 0.2) is 22.7 Å². The standard InChI is InChI=1S/C14H17BrN2O3/c1-8-6-17(7-9(8)2)14(20)16-12-5-10(15)3-4-11(12)13(18)19/h3-5,8-9H,6-7H2,1-2H3,(H,16,20)(H,18,19). The van der Waals surface area contributed by atoms with E-state index in [1.54, 1.807) is 17.0 Å². The van der Waals surface area contributed by atoms with Crippen molar-refractivity contribution in [1.29, 1.82) is 0 Å². The normalized spacial score (nSPS) is 21.9. The molecule has 1 fully saturated rings. The number of amides is 2. The number of urea groups is 1. The Labute approximate surface area is 126 Å². The fraction of sp³-hybridized carbons (Fsp3) is 0.429. The maximum atomic E-state index is 12.2. The van der Waals surface area contributed by atoms with Crippen molar-refractivity contribution >= 4 is 33.6 Å². The predicted molar refractivity (Wildman–Crippen MR) is 80.0 cm³/mol. The van der Waals surface area contributed by atoms with Gasteiger partial charge in [0.25, 0.3) is 0 Å². The van der Waals surface area contributed by atoms with Crippen molar-refractivity contribution in [2.24, 2.45) is 11.8 Å². The molecule has 0 aliphatic carbocycles. The highest BCUT2D eigenvalue weighted by Gasteiger charge is 2.29. The Kier molecular flexibility index (Phi) is 4.32. The molecule has 0 saturated carbocycles. The highest BCUT2D eigenvalue weighted by molar-refractivity contribution is 9.10. The molecular formula is C14H17BrN2O3. The number of nitrogens with zero attached hydrogens (tertiary/aromatic N) is 1. The van der Waals surface area contributed by atoms with Gasteiger partial charge in [-0.25, -0.2) is 9.59 Å². The molecule has 2 rings (SSSR count). The first-order valence-electron chi connectivity index (χ1n) is 6.47. The fourth-order valence-electron chi connectivity index (χ4n) is 2.30. The summed E-state index contributed by atoms with van der Waals surface area (Å²) < 4.78 is 0.723. The van der Waals surface area contributed by atoms with E-state index in [-0.39, 0.29) is 11.6 Å². The third-order valence-corrected chi connectivity index (χ3v) is 4.22. The van der Waals surface area contributed by atoms with Gasteiger partial charge in [-0.05, 0) is 30.0 Å². The van der Waals surface area contributed by atoms with Crippen LogP contribution in [0.4, 0.5) is 10.5 Å². The molecular weight excluding hydrogens is 324 g/mol. The van der Waals surface area contributed by atoms with Gasteiger partial charge in [0.15, 0.2) is 0 Å². The van der Waals surface area contributed by atoms with Crippen LogP contribution in [0.25, 0.3) is 0 Å². The highest BCUT2D eigenvalue weighted by atomic mass is 79.9. The van der Waals surface area contributed by atoms with Gasteiger partial charge in [-0.1, -0.05) is 29.8 Å². The average Bonchev–Trinajstić information content (AvgIpc) is 2.69. The minimum Gasteiger partial charge on any atom is -0.478 e. The summed E-state index contributed by atoms with van der Waals surface area (Å²) in [5.74, 6) is -0.139. The van der Waals surface area contributed by atoms with Gasteiger partial charge in [0.2, 0.25) is 0 Å². The second kappa shape index (κ2) is 5.83. The van der Waals surface area contributed by atoms with Crippen molar-refractivity contribution in [2.75, 3.05) is 18.4 Å². The van der Waals surface area contributed by atoms with Crippen LogP contribution in [0, 0.1) is 11.8 Å². The second-order valence-corrected chi connectivity index (χ2v) is 6.20. The van der Waals surface area contributed by atoms with Gasteiger partial charge in [0.1, 0.15) is 0 Å². The topological polar surface area (TPSA) is 69.6 Å². The summed E-state index contributed by atoms with van der Waals surface area (Å²) in [6.45, 7) is 5.62. The zero-order valence-electron chi connectivity index (χ0n) is 11.4. The summed E-state index contributed by atoms with van der Waals surface area (Å²) in [6, 6.07) is 4.46. The van der Waals surface area contributed by atoms with Crippen LogP contribution in [0.2, 0.25) is 0 Å². The number of nitrogens with one attached hydrogen (secondary N) is 1. The molecule has 5 nitrogen and oxygen atoms in total. The lowest BCUT2D eigenvalue weighted by atomic mass is 10.0. The Morgan fingerprint density at radius 2 is 1.90 bits per heavy atom. The van der Waals surface area contributed by atoms with Gasteiger partial charge in [-0.3, -0.25) is 0 Å². The maximum Gasteiger partial charge on any atom is 0.337 e. The number of hydrogen-bond acceptors (Lipinski definition) is 2.